The van der Waals surface area contributed by atoms with Crippen LogP contribution >= 0.6 is 11.3 Å². The van der Waals surface area contributed by atoms with E-state index in [-0.39, 0.29) is 6.03 Å². The average molecular weight is 280 g/mol. The molecule has 2 saturated heterocycles. The SMILES string of the molecule is Cc1nnc(NC(=O)N2[C@@H]3CCCC[C@H]2CCC3)s1. The van der Waals surface area contributed by atoms with Gasteiger partial charge in [0, 0.05) is 12.1 Å². The van der Waals surface area contributed by atoms with Crippen LogP contribution in [0.15, 0.2) is 0 Å². The fourth-order valence-corrected chi connectivity index (χ4v) is 3.91. The summed E-state index contributed by atoms with van der Waals surface area (Å²) < 4.78 is 0. The van der Waals surface area contributed by atoms with Gasteiger partial charge in [0.05, 0.1) is 0 Å². The molecule has 2 aliphatic rings. The van der Waals surface area contributed by atoms with Gasteiger partial charge in [-0.05, 0) is 39.0 Å². The van der Waals surface area contributed by atoms with Crippen molar-refractivity contribution in [1.82, 2.24) is 15.1 Å². The summed E-state index contributed by atoms with van der Waals surface area (Å²) in [7, 11) is 0. The van der Waals surface area contributed by atoms with Crippen LogP contribution in [0.25, 0.3) is 0 Å². The number of amides is 2. The molecule has 0 unspecified atom stereocenters. The molecular formula is C13H20N4OS. The van der Waals surface area contributed by atoms with Crippen LogP contribution in [-0.2, 0) is 0 Å². The summed E-state index contributed by atoms with van der Waals surface area (Å²) in [5.41, 5.74) is 0. The fraction of sp³-hybridized carbons (Fsp3) is 0.769. The Hall–Kier alpha value is -1.17. The summed E-state index contributed by atoms with van der Waals surface area (Å²) in [6.07, 6.45) is 8.37. The van der Waals surface area contributed by atoms with E-state index < -0.39 is 0 Å². The number of urea groups is 1. The van der Waals surface area contributed by atoms with Gasteiger partial charge in [0.2, 0.25) is 5.13 Å². The number of hydrogen-bond acceptors (Lipinski definition) is 4. The normalized spacial score (nSPS) is 26.9. The first-order valence-electron chi connectivity index (χ1n) is 7.13. The van der Waals surface area contributed by atoms with E-state index in [2.05, 4.69) is 20.4 Å². The number of carbonyl (C=O) groups is 1. The third-order valence-corrected chi connectivity index (χ3v) is 4.91. The molecule has 104 valence electrons. The monoisotopic (exact) mass is 280 g/mol. The number of nitrogens with zero attached hydrogens (tertiary/aromatic N) is 3. The predicted molar refractivity (Wildman–Crippen MR) is 75.4 cm³/mol. The summed E-state index contributed by atoms with van der Waals surface area (Å²) >= 11 is 1.43. The number of nitrogens with one attached hydrogen (secondary N) is 1. The molecule has 0 aromatic carbocycles. The lowest BCUT2D eigenvalue weighted by Gasteiger charge is -2.40. The highest BCUT2D eigenvalue weighted by molar-refractivity contribution is 7.15. The van der Waals surface area contributed by atoms with E-state index >= 15 is 0 Å². The molecule has 2 aliphatic heterocycles. The van der Waals surface area contributed by atoms with Gasteiger partial charge in [-0.2, -0.15) is 0 Å². The molecule has 5 nitrogen and oxygen atoms in total. The van der Waals surface area contributed by atoms with Crippen molar-refractivity contribution in [2.75, 3.05) is 5.32 Å². The molecule has 0 spiro atoms. The standard InChI is InChI=1S/C13H20N4OS/c1-9-15-16-12(19-9)14-13(18)17-10-5-2-3-6-11(17)8-4-7-10/h10-11H,2-8H2,1H3,(H,14,16,18)/t10-,11+. The van der Waals surface area contributed by atoms with Crippen LogP contribution in [0.1, 0.15) is 50.0 Å². The van der Waals surface area contributed by atoms with Gasteiger partial charge < -0.3 is 4.90 Å². The van der Waals surface area contributed by atoms with E-state index in [1.165, 1.54) is 30.6 Å². The molecule has 0 saturated carbocycles. The smallest absolute Gasteiger partial charge is 0.319 e. The molecule has 19 heavy (non-hydrogen) atoms. The number of piperidine rings is 1. The number of rotatable bonds is 1. The molecule has 2 atom stereocenters. The Kier molecular flexibility index (Phi) is 3.68. The zero-order chi connectivity index (χ0) is 13.2. The molecule has 1 aromatic heterocycles. The maximum Gasteiger partial charge on any atom is 0.324 e. The molecule has 1 aromatic rings. The number of anilines is 1. The van der Waals surface area contributed by atoms with Gasteiger partial charge in [-0.15, -0.1) is 10.2 Å². The Morgan fingerprint density at radius 1 is 1.16 bits per heavy atom. The molecule has 2 bridgehead atoms. The van der Waals surface area contributed by atoms with Crippen molar-refractivity contribution in [1.29, 1.82) is 0 Å². The lowest BCUT2D eigenvalue weighted by atomic mass is 9.95. The van der Waals surface area contributed by atoms with Crippen LogP contribution in [0.2, 0.25) is 0 Å². The second-order valence-corrected chi connectivity index (χ2v) is 6.67. The van der Waals surface area contributed by atoms with Crippen molar-refractivity contribution in [2.24, 2.45) is 0 Å². The van der Waals surface area contributed by atoms with Crippen molar-refractivity contribution < 1.29 is 4.79 Å². The van der Waals surface area contributed by atoms with Gasteiger partial charge >= 0.3 is 6.03 Å². The van der Waals surface area contributed by atoms with E-state index in [1.807, 2.05) is 6.92 Å². The Labute approximate surface area is 117 Å². The Morgan fingerprint density at radius 2 is 1.79 bits per heavy atom. The second kappa shape index (κ2) is 5.45. The Bertz CT molecular complexity index is 447. The molecule has 0 radical (unpaired) electrons. The van der Waals surface area contributed by atoms with Crippen molar-refractivity contribution in [2.45, 2.75) is 64.0 Å². The Balaban J connectivity index is 1.73. The topological polar surface area (TPSA) is 58.1 Å². The van der Waals surface area contributed by atoms with Gasteiger partial charge in [0.25, 0.3) is 0 Å². The summed E-state index contributed by atoms with van der Waals surface area (Å²) in [6, 6.07) is 0.873. The van der Waals surface area contributed by atoms with E-state index in [0.29, 0.717) is 17.2 Å². The van der Waals surface area contributed by atoms with Crippen molar-refractivity contribution >= 4 is 22.5 Å². The first kappa shape index (κ1) is 12.8. The highest BCUT2D eigenvalue weighted by atomic mass is 32.1. The highest BCUT2D eigenvalue weighted by Crippen LogP contribution is 2.33. The quantitative estimate of drug-likeness (QED) is 0.859. The minimum Gasteiger partial charge on any atom is -0.319 e. The van der Waals surface area contributed by atoms with Crippen molar-refractivity contribution in [3.05, 3.63) is 5.01 Å². The summed E-state index contributed by atoms with van der Waals surface area (Å²) in [4.78, 5) is 14.6. The van der Waals surface area contributed by atoms with Crippen LogP contribution in [0.4, 0.5) is 9.93 Å². The van der Waals surface area contributed by atoms with E-state index in [0.717, 1.165) is 30.7 Å². The summed E-state index contributed by atoms with van der Waals surface area (Å²) in [5, 5.41) is 12.3. The van der Waals surface area contributed by atoms with Crippen LogP contribution in [-0.4, -0.2) is 33.2 Å². The zero-order valence-corrected chi connectivity index (χ0v) is 12.1. The molecule has 3 heterocycles. The molecule has 0 aliphatic carbocycles. The van der Waals surface area contributed by atoms with E-state index in [9.17, 15) is 4.79 Å². The van der Waals surface area contributed by atoms with Gasteiger partial charge in [-0.3, -0.25) is 5.32 Å². The minimum absolute atomic E-state index is 0.0211. The lowest BCUT2D eigenvalue weighted by molar-refractivity contribution is 0.119. The number of carbonyl (C=O) groups excluding carboxylic acids is 1. The molecule has 3 rings (SSSR count). The fourth-order valence-electron chi connectivity index (χ4n) is 3.33. The van der Waals surface area contributed by atoms with Crippen LogP contribution in [0.5, 0.6) is 0 Å². The maximum absolute atomic E-state index is 12.5. The molecular weight excluding hydrogens is 260 g/mol. The third-order valence-electron chi connectivity index (χ3n) is 4.16. The first-order valence-corrected chi connectivity index (χ1v) is 7.95. The number of fused-ring (bicyclic) bond motifs is 2. The molecule has 1 N–H and O–H groups in total. The Morgan fingerprint density at radius 3 is 2.37 bits per heavy atom. The average Bonchev–Trinajstić information content (AvgIpc) is 2.74. The molecule has 2 amide bonds. The van der Waals surface area contributed by atoms with Gasteiger partial charge in [0.15, 0.2) is 0 Å². The van der Waals surface area contributed by atoms with Crippen LogP contribution in [0, 0.1) is 6.92 Å². The number of hydrogen-bond donors (Lipinski definition) is 1. The summed E-state index contributed by atoms with van der Waals surface area (Å²) in [5.74, 6) is 0. The highest BCUT2D eigenvalue weighted by Gasteiger charge is 2.35. The van der Waals surface area contributed by atoms with Crippen LogP contribution in [0.3, 0.4) is 0 Å². The van der Waals surface area contributed by atoms with Crippen LogP contribution < -0.4 is 5.32 Å². The van der Waals surface area contributed by atoms with Crippen molar-refractivity contribution in [3.63, 3.8) is 0 Å². The largest absolute Gasteiger partial charge is 0.324 e. The number of aromatic nitrogens is 2. The van der Waals surface area contributed by atoms with Gasteiger partial charge in [0.1, 0.15) is 5.01 Å². The minimum atomic E-state index is 0.0211. The van der Waals surface area contributed by atoms with Crippen molar-refractivity contribution in [3.8, 4) is 0 Å². The lowest BCUT2D eigenvalue weighted by Crippen LogP contribution is -2.50. The molecule has 6 heteroatoms. The predicted octanol–water partition coefficient (Wildman–Crippen LogP) is 3.18. The summed E-state index contributed by atoms with van der Waals surface area (Å²) in [6.45, 7) is 1.90. The first-order chi connectivity index (χ1) is 9.24. The van der Waals surface area contributed by atoms with Gasteiger partial charge in [-0.1, -0.05) is 24.2 Å². The molecule has 2 fully saturated rings. The zero-order valence-electron chi connectivity index (χ0n) is 11.3. The number of aryl methyl sites for hydroxylation is 1. The van der Waals surface area contributed by atoms with Gasteiger partial charge in [-0.25, -0.2) is 4.79 Å². The second-order valence-electron chi connectivity index (χ2n) is 5.49. The van der Waals surface area contributed by atoms with E-state index in [4.69, 9.17) is 0 Å². The van der Waals surface area contributed by atoms with E-state index in [1.54, 1.807) is 0 Å². The third kappa shape index (κ3) is 2.73. The maximum atomic E-state index is 12.5.